The molecule has 0 aliphatic carbocycles. The third-order valence-electron chi connectivity index (χ3n) is 3.49. The van der Waals surface area contributed by atoms with E-state index in [1.165, 1.54) is 32.4 Å². The first-order valence-electron chi connectivity index (χ1n) is 6.86. The molecule has 0 radical (unpaired) electrons. The zero-order chi connectivity index (χ0) is 17.0. The zero-order valence-electron chi connectivity index (χ0n) is 13.1. The molecule has 2 aromatic rings. The fraction of sp³-hybridized carbons (Fsp3) is 0.235. The van der Waals surface area contributed by atoms with Crippen LogP contribution in [-0.2, 0) is 9.84 Å². The molecule has 2 aromatic carbocycles. The molecule has 1 unspecified atom stereocenters. The molecule has 6 heteroatoms. The van der Waals surface area contributed by atoms with Crippen molar-refractivity contribution < 1.29 is 17.9 Å². The molecule has 0 heterocycles. The molecule has 0 saturated heterocycles. The van der Waals surface area contributed by atoms with Crippen molar-refractivity contribution in [3.8, 4) is 17.6 Å². The van der Waals surface area contributed by atoms with Crippen molar-refractivity contribution in [2.45, 2.75) is 17.1 Å². The molecule has 0 saturated carbocycles. The maximum atomic E-state index is 12.7. The lowest BCUT2D eigenvalue weighted by Crippen LogP contribution is -2.12. The van der Waals surface area contributed by atoms with Gasteiger partial charge in [-0.1, -0.05) is 23.8 Å². The Morgan fingerprint density at radius 3 is 2.13 bits per heavy atom. The second-order valence-electron chi connectivity index (χ2n) is 4.98. The van der Waals surface area contributed by atoms with E-state index in [9.17, 15) is 13.7 Å². The van der Waals surface area contributed by atoms with Crippen molar-refractivity contribution in [3.63, 3.8) is 0 Å². The van der Waals surface area contributed by atoms with Crippen LogP contribution in [0.15, 0.2) is 47.4 Å². The maximum Gasteiger partial charge on any atom is 0.198 e. The summed E-state index contributed by atoms with van der Waals surface area (Å²) in [5.41, 5.74) is 1.29. The number of nitriles is 1. The summed E-state index contributed by atoms with van der Waals surface area (Å²) in [5, 5.41) is 8.11. The van der Waals surface area contributed by atoms with E-state index in [4.69, 9.17) is 9.47 Å². The van der Waals surface area contributed by atoms with Crippen molar-refractivity contribution in [2.75, 3.05) is 14.2 Å². The van der Waals surface area contributed by atoms with Crippen LogP contribution in [0.5, 0.6) is 11.5 Å². The predicted octanol–water partition coefficient (Wildman–Crippen LogP) is 3.05. The highest BCUT2D eigenvalue weighted by atomic mass is 32.2. The molecule has 120 valence electrons. The predicted molar refractivity (Wildman–Crippen MR) is 86.3 cm³/mol. The minimum Gasteiger partial charge on any atom is -0.493 e. The van der Waals surface area contributed by atoms with Gasteiger partial charge in [-0.15, -0.1) is 0 Å². The first-order valence-corrected chi connectivity index (χ1v) is 8.40. The van der Waals surface area contributed by atoms with Crippen molar-refractivity contribution in [1.29, 1.82) is 5.26 Å². The van der Waals surface area contributed by atoms with Crippen molar-refractivity contribution in [2.24, 2.45) is 0 Å². The van der Waals surface area contributed by atoms with E-state index in [1.54, 1.807) is 24.3 Å². The van der Waals surface area contributed by atoms with Gasteiger partial charge >= 0.3 is 0 Å². The number of hydrogen-bond donors (Lipinski definition) is 0. The summed E-state index contributed by atoms with van der Waals surface area (Å²) in [5.74, 6) is 0.852. The van der Waals surface area contributed by atoms with Crippen molar-refractivity contribution >= 4 is 9.84 Å². The van der Waals surface area contributed by atoms with Gasteiger partial charge in [0.25, 0.3) is 0 Å². The van der Waals surface area contributed by atoms with E-state index < -0.39 is 15.1 Å². The van der Waals surface area contributed by atoms with Crippen molar-refractivity contribution in [3.05, 3.63) is 53.6 Å². The first-order chi connectivity index (χ1) is 10.9. The van der Waals surface area contributed by atoms with Gasteiger partial charge in [-0.25, -0.2) is 8.42 Å². The average Bonchev–Trinajstić information content (AvgIpc) is 2.55. The number of hydrogen-bond acceptors (Lipinski definition) is 5. The molecule has 1 atom stereocenters. The van der Waals surface area contributed by atoms with Gasteiger partial charge in [0.1, 0.15) is 0 Å². The SMILES string of the molecule is COc1ccc(C(C#N)S(=O)(=O)c2ccc(C)cc2)cc1OC. The topological polar surface area (TPSA) is 76.4 Å². The Morgan fingerprint density at radius 2 is 1.61 bits per heavy atom. The van der Waals surface area contributed by atoms with Crippen LogP contribution in [0.25, 0.3) is 0 Å². The average molecular weight is 331 g/mol. The monoisotopic (exact) mass is 331 g/mol. The summed E-state index contributed by atoms with van der Waals surface area (Å²) in [6.07, 6.45) is 0. The molecule has 0 aliphatic heterocycles. The number of benzene rings is 2. The summed E-state index contributed by atoms with van der Waals surface area (Å²) in [7, 11) is -0.879. The van der Waals surface area contributed by atoms with Gasteiger partial charge in [-0.3, -0.25) is 0 Å². The van der Waals surface area contributed by atoms with Gasteiger partial charge in [0.2, 0.25) is 0 Å². The van der Waals surface area contributed by atoms with Gasteiger partial charge < -0.3 is 9.47 Å². The van der Waals surface area contributed by atoms with Gasteiger partial charge in [-0.05, 0) is 36.8 Å². The zero-order valence-corrected chi connectivity index (χ0v) is 13.9. The second-order valence-corrected chi connectivity index (χ2v) is 7.01. The second kappa shape index (κ2) is 6.71. The third kappa shape index (κ3) is 3.30. The number of rotatable bonds is 5. The highest BCUT2D eigenvalue weighted by Crippen LogP contribution is 2.34. The normalized spacial score (nSPS) is 12.3. The van der Waals surface area contributed by atoms with Crippen LogP contribution in [0.1, 0.15) is 16.4 Å². The van der Waals surface area contributed by atoms with E-state index >= 15 is 0 Å². The Balaban J connectivity index is 2.51. The van der Waals surface area contributed by atoms with Gasteiger partial charge in [0.05, 0.1) is 25.2 Å². The summed E-state index contributed by atoms with van der Waals surface area (Å²) in [6, 6.07) is 13.0. The standard InChI is InChI=1S/C17H17NO4S/c1-12-4-7-14(8-5-12)23(19,20)17(11-18)13-6-9-15(21-2)16(10-13)22-3/h4-10,17H,1-3H3. The van der Waals surface area contributed by atoms with E-state index in [2.05, 4.69) is 0 Å². The molecule has 23 heavy (non-hydrogen) atoms. The number of methoxy groups -OCH3 is 2. The highest BCUT2D eigenvalue weighted by Gasteiger charge is 2.29. The Hall–Kier alpha value is -2.52. The summed E-state index contributed by atoms with van der Waals surface area (Å²) in [4.78, 5) is 0.115. The minimum atomic E-state index is -3.82. The molecule has 0 N–H and O–H groups in total. The van der Waals surface area contributed by atoms with E-state index in [1.807, 2.05) is 13.0 Å². The van der Waals surface area contributed by atoms with Crippen LogP contribution < -0.4 is 9.47 Å². The lowest BCUT2D eigenvalue weighted by atomic mass is 10.1. The Bertz CT molecular complexity index is 836. The number of aryl methyl sites for hydroxylation is 1. The molecule has 2 rings (SSSR count). The summed E-state index contributed by atoms with van der Waals surface area (Å²) in [6.45, 7) is 1.87. The maximum absolute atomic E-state index is 12.7. The smallest absolute Gasteiger partial charge is 0.198 e. The van der Waals surface area contributed by atoms with E-state index in [0.717, 1.165) is 5.56 Å². The third-order valence-corrected chi connectivity index (χ3v) is 5.41. The quantitative estimate of drug-likeness (QED) is 0.841. The van der Waals surface area contributed by atoms with Crippen LogP contribution >= 0.6 is 0 Å². The molecule has 0 aliphatic rings. The molecular weight excluding hydrogens is 314 g/mol. The summed E-state index contributed by atoms with van der Waals surface area (Å²) < 4.78 is 35.8. The van der Waals surface area contributed by atoms with Crippen LogP contribution in [0.3, 0.4) is 0 Å². The molecule has 0 amide bonds. The molecule has 0 aromatic heterocycles. The first kappa shape index (κ1) is 16.8. The summed E-state index contributed by atoms with van der Waals surface area (Å²) >= 11 is 0. The minimum absolute atomic E-state index is 0.115. The van der Waals surface area contributed by atoms with Crippen LogP contribution in [-0.4, -0.2) is 22.6 Å². The Labute approximate surface area is 136 Å². The number of nitrogens with zero attached hydrogens (tertiary/aromatic N) is 1. The van der Waals surface area contributed by atoms with Gasteiger partial charge in [0.15, 0.2) is 26.6 Å². The molecule has 0 bridgehead atoms. The number of sulfone groups is 1. The number of ether oxygens (including phenoxy) is 2. The van der Waals surface area contributed by atoms with Crippen LogP contribution in [0, 0.1) is 18.3 Å². The van der Waals surface area contributed by atoms with Gasteiger partial charge in [0, 0.05) is 0 Å². The molecule has 0 spiro atoms. The fourth-order valence-corrected chi connectivity index (χ4v) is 3.63. The lowest BCUT2D eigenvalue weighted by molar-refractivity contribution is 0.354. The van der Waals surface area contributed by atoms with Gasteiger partial charge in [-0.2, -0.15) is 5.26 Å². The van der Waals surface area contributed by atoms with E-state index in [-0.39, 0.29) is 4.90 Å². The Morgan fingerprint density at radius 1 is 1.00 bits per heavy atom. The van der Waals surface area contributed by atoms with E-state index in [0.29, 0.717) is 17.1 Å². The van der Waals surface area contributed by atoms with Crippen molar-refractivity contribution in [1.82, 2.24) is 0 Å². The van der Waals surface area contributed by atoms with Crippen LogP contribution in [0.4, 0.5) is 0 Å². The highest BCUT2D eigenvalue weighted by molar-refractivity contribution is 7.92. The fourth-order valence-electron chi connectivity index (χ4n) is 2.20. The molecular formula is C17H17NO4S. The lowest BCUT2D eigenvalue weighted by Gasteiger charge is -2.14. The Kier molecular flexibility index (Phi) is 4.92. The van der Waals surface area contributed by atoms with Crippen LogP contribution in [0.2, 0.25) is 0 Å². The largest absolute Gasteiger partial charge is 0.493 e. The molecule has 5 nitrogen and oxygen atoms in total. The molecule has 0 fully saturated rings.